The molecule has 2 N–H and O–H groups in total. The van der Waals surface area contributed by atoms with Crippen LogP contribution in [0.25, 0.3) is 0 Å². The summed E-state index contributed by atoms with van der Waals surface area (Å²) in [6.07, 6.45) is 5.48. The van der Waals surface area contributed by atoms with Gasteiger partial charge in [0.1, 0.15) is 0 Å². The second-order valence-corrected chi connectivity index (χ2v) is 2.66. The van der Waals surface area contributed by atoms with Crippen LogP contribution in [0.2, 0.25) is 0 Å². The average Bonchev–Trinajstić information content (AvgIpc) is 2.03. The van der Waals surface area contributed by atoms with Crippen molar-refractivity contribution in [3.63, 3.8) is 0 Å². The first kappa shape index (κ1) is 7.76. The first-order valence-electron chi connectivity index (χ1n) is 3.98. The Morgan fingerprint density at radius 3 is 3.00 bits per heavy atom. The van der Waals surface area contributed by atoms with Crippen molar-refractivity contribution >= 4 is 0 Å². The largest absolute Gasteiger partial charge is 0.314 e. The van der Waals surface area contributed by atoms with E-state index in [1.807, 2.05) is 0 Å². The first-order valence-corrected chi connectivity index (χ1v) is 3.98. The van der Waals surface area contributed by atoms with E-state index < -0.39 is 0 Å². The number of piperazine rings is 1. The molecule has 2 heteroatoms. The van der Waals surface area contributed by atoms with Crippen LogP contribution in [0.4, 0.5) is 0 Å². The van der Waals surface area contributed by atoms with Crippen LogP contribution in [0.15, 0.2) is 12.2 Å². The maximum Gasteiger partial charge on any atom is 0.0227 e. The number of hydrogen-bond acceptors (Lipinski definition) is 2. The van der Waals surface area contributed by atoms with Crippen LogP contribution in [-0.4, -0.2) is 25.7 Å². The van der Waals surface area contributed by atoms with E-state index in [0.717, 1.165) is 26.1 Å². The Morgan fingerprint density at radius 1 is 1.50 bits per heavy atom. The van der Waals surface area contributed by atoms with Crippen molar-refractivity contribution in [1.82, 2.24) is 10.6 Å². The van der Waals surface area contributed by atoms with Crippen LogP contribution in [0.3, 0.4) is 0 Å². The van der Waals surface area contributed by atoms with Crippen molar-refractivity contribution in [1.29, 1.82) is 0 Å². The minimum atomic E-state index is 0.657. The van der Waals surface area contributed by atoms with Crippen molar-refractivity contribution in [3.05, 3.63) is 12.2 Å². The Kier molecular flexibility index (Phi) is 3.47. The molecule has 0 bridgehead atoms. The summed E-state index contributed by atoms with van der Waals surface area (Å²) in [6, 6.07) is 0.657. The van der Waals surface area contributed by atoms with Crippen LogP contribution >= 0.6 is 0 Å². The average molecular weight is 140 g/mol. The number of nitrogens with one attached hydrogen (secondary N) is 2. The van der Waals surface area contributed by atoms with Crippen molar-refractivity contribution in [2.75, 3.05) is 19.6 Å². The summed E-state index contributed by atoms with van der Waals surface area (Å²) < 4.78 is 0. The second kappa shape index (κ2) is 4.47. The molecule has 1 heterocycles. The van der Waals surface area contributed by atoms with Gasteiger partial charge in [0.25, 0.3) is 0 Å². The van der Waals surface area contributed by atoms with E-state index in [4.69, 9.17) is 0 Å². The lowest BCUT2D eigenvalue weighted by molar-refractivity contribution is 0.421. The Bertz CT molecular complexity index is 104. The number of allylic oxidation sites excluding steroid dienone is 1. The van der Waals surface area contributed by atoms with Gasteiger partial charge in [0.2, 0.25) is 0 Å². The van der Waals surface area contributed by atoms with E-state index >= 15 is 0 Å². The quantitative estimate of drug-likeness (QED) is 0.546. The Labute approximate surface area is 62.7 Å². The Balaban J connectivity index is 2.13. The summed E-state index contributed by atoms with van der Waals surface area (Å²) >= 11 is 0. The summed E-state index contributed by atoms with van der Waals surface area (Å²) in [5, 5.41) is 6.79. The van der Waals surface area contributed by atoms with Gasteiger partial charge in [0, 0.05) is 25.7 Å². The molecule has 0 saturated carbocycles. The molecular weight excluding hydrogens is 124 g/mol. The van der Waals surface area contributed by atoms with Gasteiger partial charge in [-0.3, -0.25) is 0 Å². The van der Waals surface area contributed by atoms with Gasteiger partial charge in [0.05, 0.1) is 0 Å². The second-order valence-electron chi connectivity index (χ2n) is 2.66. The fraction of sp³-hybridized carbons (Fsp3) is 0.750. The van der Waals surface area contributed by atoms with E-state index in [2.05, 4.69) is 29.7 Å². The van der Waals surface area contributed by atoms with Gasteiger partial charge in [-0.05, 0) is 13.3 Å². The molecule has 1 saturated heterocycles. The molecule has 1 fully saturated rings. The van der Waals surface area contributed by atoms with E-state index in [9.17, 15) is 0 Å². The Hall–Kier alpha value is -0.340. The van der Waals surface area contributed by atoms with Crippen molar-refractivity contribution < 1.29 is 0 Å². The fourth-order valence-electron chi connectivity index (χ4n) is 1.18. The number of rotatable bonds is 2. The normalized spacial score (nSPS) is 27.5. The molecule has 1 aliphatic rings. The molecule has 0 spiro atoms. The standard InChI is InChI=1S/C8H16N2/c1-2-3-4-8-7-9-5-6-10-8/h2-3,8-10H,4-7H2,1H3/b3-2-. The zero-order valence-electron chi connectivity index (χ0n) is 6.56. The van der Waals surface area contributed by atoms with Gasteiger partial charge in [-0.2, -0.15) is 0 Å². The highest BCUT2D eigenvalue weighted by Gasteiger charge is 2.08. The summed E-state index contributed by atoms with van der Waals surface area (Å²) in [5.74, 6) is 0. The van der Waals surface area contributed by atoms with Crippen molar-refractivity contribution in [2.45, 2.75) is 19.4 Å². The maximum absolute atomic E-state index is 3.44. The third-order valence-corrected chi connectivity index (χ3v) is 1.78. The van der Waals surface area contributed by atoms with E-state index in [0.29, 0.717) is 6.04 Å². The minimum absolute atomic E-state index is 0.657. The van der Waals surface area contributed by atoms with E-state index in [-0.39, 0.29) is 0 Å². The zero-order chi connectivity index (χ0) is 7.23. The summed E-state index contributed by atoms with van der Waals surface area (Å²) in [4.78, 5) is 0. The van der Waals surface area contributed by atoms with Gasteiger partial charge in [0.15, 0.2) is 0 Å². The fourth-order valence-corrected chi connectivity index (χ4v) is 1.18. The molecule has 1 unspecified atom stereocenters. The highest BCUT2D eigenvalue weighted by atomic mass is 15.0. The molecule has 1 aliphatic heterocycles. The summed E-state index contributed by atoms with van der Waals surface area (Å²) in [5.41, 5.74) is 0. The molecule has 0 aromatic carbocycles. The van der Waals surface area contributed by atoms with Crippen LogP contribution in [-0.2, 0) is 0 Å². The van der Waals surface area contributed by atoms with Crippen LogP contribution < -0.4 is 10.6 Å². The third kappa shape index (κ3) is 2.50. The molecule has 0 amide bonds. The molecule has 58 valence electrons. The van der Waals surface area contributed by atoms with Crippen LogP contribution in [0.5, 0.6) is 0 Å². The highest BCUT2D eigenvalue weighted by Crippen LogP contribution is 1.94. The smallest absolute Gasteiger partial charge is 0.0227 e. The van der Waals surface area contributed by atoms with Crippen molar-refractivity contribution in [2.24, 2.45) is 0 Å². The molecule has 1 atom stereocenters. The lowest BCUT2D eigenvalue weighted by Crippen LogP contribution is -2.47. The molecule has 0 radical (unpaired) electrons. The lowest BCUT2D eigenvalue weighted by atomic mass is 10.1. The summed E-state index contributed by atoms with van der Waals surface area (Å²) in [6.45, 7) is 5.41. The molecular formula is C8H16N2. The zero-order valence-corrected chi connectivity index (χ0v) is 6.56. The number of hydrogen-bond donors (Lipinski definition) is 2. The van der Waals surface area contributed by atoms with Gasteiger partial charge < -0.3 is 10.6 Å². The van der Waals surface area contributed by atoms with E-state index in [1.165, 1.54) is 0 Å². The topological polar surface area (TPSA) is 24.1 Å². The predicted molar refractivity (Wildman–Crippen MR) is 44.1 cm³/mol. The van der Waals surface area contributed by atoms with Crippen molar-refractivity contribution in [3.8, 4) is 0 Å². The predicted octanol–water partition coefficient (Wildman–Crippen LogP) is 0.514. The third-order valence-electron chi connectivity index (χ3n) is 1.78. The maximum atomic E-state index is 3.44. The SMILES string of the molecule is C/C=C\CC1CNCCN1. The van der Waals surface area contributed by atoms with Gasteiger partial charge in [-0.1, -0.05) is 12.2 Å². The van der Waals surface area contributed by atoms with Gasteiger partial charge in [-0.25, -0.2) is 0 Å². The van der Waals surface area contributed by atoms with E-state index in [1.54, 1.807) is 0 Å². The molecule has 2 nitrogen and oxygen atoms in total. The van der Waals surface area contributed by atoms with Gasteiger partial charge >= 0.3 is 0 Å². The molecule has 1 rings (SSSR count). The first-order chi connectivity index (χ1) is 4.93. The summed E-state index contributed by atoms with van der Waals surface area (Å²) in [7, 11) is 0. The monoisotopic (exact) mass is 140 g/mol. The molecule has 10 heavy (non-hydrogen) atoms. The lowest BCUT2D eigenvalue weighted by Gasteiger charge is -2.23. The Morgan fingerprint density at radius 2 is 2.40 bits per heavy atom. The molecule has 0 aromatic rings. The van der Waals surface area contributed by atoms with Gasteiger partial charge in [-0.15, -0.1) is 0 Å². The molecule has 0 aliphatic carbocycles. The highest BCUT2D eigenvalue weighted by molar-refractivity contribution is 4.86. The van der Waals surface area contributed by atoms with Crippen LogP contribution in [0.1, 0.15) is 13.3 Å². The molecule has 0 aromatic heterocycles. The van der Waals surface area contributed by atoms with Crippen LogP contribution in [0, 0.1) is 0 Å². The minimum Gasteiger partial charge on any atom is -0.314 e.